The first-order valence-corrected chi connectivity index (χ1v) is 14.4. The van der Waals surface area contributed by atoms with Gasteiger partial charge in [0.25, 0.3) is 0 Å². The van der Waals surface area contributed by atoms with E-state index in [1.54, 1.807) is 71.8 Å². The van der Waals surface area contributed by atoms with Crippen molar-refractivity contribution in [1.29, 1.82) is 0 Å². The molecule has 0 spiro atoms. The van der Waals surface area contributed by atoms with E-state index in [0.717, 1.165) is 10.8 Å². The van der Waals surface area contributed by atoms with Crippen LogP contribution in [0.15, 0.2) is 116 Å². The van der Waals surface area contributed by atoms with Crippen LogP contribution in [-0.4, -0.2) is 24.5 Å². The number of pyridine rings is 2. The number of nitrogens with zero attached hydrogens (tertiary/aromatic N) is 5. The number of rotatable bonds is 7. The van der Waals surface area contributed by atoms with E-state index in [9.17, 15) is 8.78 Å². The molecule has 0 fully saturated rings. The van der Waals surface area contributed by atoms with E-state index in [2.05, 4.69) is 44.2 Å². The van der Waals surface area contributed by atoms with E-state index in [0.29, 0.717) is 51.0 Å². The van der Waals surface area contributed by atoms with E-state index < -0.39 is 11.6 Å². The molecule has 11 heteroatoms. The normalized spacial score (nSPS) is 10.7. The number of halogens is 2. The molecule has 0 saturated heterocycles. The average Bonchev–Trinajstić information content (AvgIpc) is 3.41. The van der Waals surface area contributed by atoms with Gasteiger partial charge in [-0.05, 0) is 29.6 Å². The summed E-state index contributed by atoms with van der Waals surface area (Å²) in [6, 6.07) is 37.6. The fourth-order valence-corrected chi connectivity index (χ4v) is 5.24. The third-order valence-corrected chi connectivity index (χ3v) is 7.23. The van der Waals surface area contributed by atoms with Crippen LogP contribution in [0, 0.1) is 35.9 Å². The molecule has 0 N–H and O–H groups in total. The second kappa shape index (κ2) is 14.6. The molecule has 7 nitrogen and oxygen atoms in total. The maximum Gasteiger partial charge on any atom is 2.00 e. The SMILES string of the molecule is Fc1cc(Oc2[c-]c3c(cc2)c2ccc(Oc4[c-]c(-c5ccccn5)cc(F)c4)[c-]c2n3-c2ncccn2)[c-]c(-c2ccccn2)c1.[Pd+2].[Pt+2]. The van der Waals surface area contributed by atoms with Gasteiger partial charge in [0.15, 0.2) is 0 Å². The average molecular weight is 917 g/mol. The van der Waals surface area contributed by atoms with Crippen molar-refractivity contribution in [3.05, 3.63) is 152 Å². The Morgan fingerprint density at radius 3 is 1.43 bits per heavy atom. The van der Waals surface area contributed by atoms with Crippen molar-refractivity contribution in [3.8, 4) is 51.5 Å². The molecule has 0 unspecified atom stereocenters. The third-order valence-electron chi connectivity index (χ3n) is 7.23. The fourth-order valence-electron chi connectivity index (χ4n) is 5.24. The zero-order valence-electron chi connectivity index (χ0n) is 24.9. The van der Waals surface area contributed by atoms with Gasteiger partial charge < -0.3 is 24.0 Å². The Morgan fingerprint density at radius 2 is 0.980 bits per heavy atom. The Morgan fingerprint density at radius 1 is 0.510 bits per heavy atom. The molecule has 8 aromatic rings. The zero-order chi connectivity index (χ0) is 31.7. The van der Waals surface area contributed by atoms with Gasteiger partial charge in [0.1, 0.15) is 0 Å². The van der Waals surface area contributed by atoms with Crippen LogP contribution >= 0.6 is 0 Å². The molecule has 0 bridgehead atoms. The van der Waals surface area contributed by atoms with Gasteiger partial charge in [0.05, 0.1) is 0 Å². The van der Waals surface area contributed by atoms with Crippen LogP contribution in [0.25, 0.3) is 50.3 Å². The van der Waals surface area contributed by atoms with Crippen LogP contribution in [0.1, 0.15) is 0 Å². The minimum Gasteiger partial charge on any atom is -0.503 e. The predicted octanol–water partition coefficient (Wildman–Crippen LogP) is 8.76. The van der Waals surface area contributed by atoms with E-state index in [-0.39, 0.29) is 53.0 Å². The predicted molar refractivity (Wildman–Crippen MR) is 171 cm³/mol. The van der Waals surface area contributed by atoms with E-state index in [1.165, 1.54) is 24.3 Å². The van der Waals surface area contributed by atoms with Gasteiger partial charge in [0, 0.05) is 59.4 Å². The van der Waals surface area contributed by atoms with Gasteiger partial charge in [-0.15, -0.1) is 47.5 Å². The van der Waals surface area contributed by atoms with E-state index in [4.69, 9.17) is 9.47 Å². The van der Waals surface area contributed by atoms with Crippen LogP contribution in [0.3, 0.4) is 0 Å². The molecule has 4 aromatic carbocycles. The minimum atomic E-state index is -0.489. The minimum absolute atomic E-state index is 0. The van der Waals surface area contributed by atoms with Crippen LogP contribution in [0.2, 0.25) is 0 Å². The molecule has 0 amide bonds. The summed E-state index contributed by atoms with van der Waals surface area (Å²) < 4.78 is 43.1. The van der Waals surface area contributed by atoms with Gasteiger partial charge in [0.2, 0.25) is 5.95 Å². The van der Waals surface area contributed by atoms with Crippen LogP contribution in [-0.2, 0) is 41.5 Å². The van der Waals surface area contributed by atoms with Gasteiger partial charge in [-0.1, -0.05) is 59.6 Å². The maximum atomic E-state index is 14.6. The second-order valence-electron chi connectivity index (χ2n) is 10.3. The molecule has 0 aliphatic heterocycles. The maximum absolute atomic E-state index is 14.6. The zero-order valence-corrected chi connectivity index (χ0v) is 28.7. The van der Waals surface area contributed by atoms with E-state index in [1.807, 2.05) is 24.3 Å². The quantitative estimate of drug-likeness (QED) is 0.118. The molecular weight excluding hydrogens is 898 g/mol. The largest absolute Gasteiger partial charge is 2.00 e. The van der Waals surface area contributed by atoms with Gasteiger partial charge in [-0.3, -0.25) is 0 Å². The number of hydrogen-bond acceptors (Lipinski definition) is 6. The fraction of sp³-hybridized carbons (Fsp3) is 0. The van der Waals surface area contributed by atoms with Crippen LogP contribution in [0.4, 0.5) is 8.78 Å². The molecule has 4 heterocycles. The molecule has 0 radical (unpaired) electrons. The monoisotopic (exact) mass is 916 g/mol. The van der Waals surface area contributed by atoms with Crippen LogP contribution in [0.5, 0.6) is 23.0 Å². The summed E-state index contributed by atoms with van der Waals surface area (Å²) in [5, 5.41) is 1.63. The van der Waals surface area contributed by atoms with Gasteiger partial charge >= 0.3 is 41.5 Å². The number of ether oxygens (including phenoxy) is 2. The third kappa shape index (κ3) is 7.04. The number of fused-ring (bicyclic) bond motifs is 3. The second-order valence-corrected chi connectivity index (χ2v) is 10.3. The van der Waals surface area contributed by atoms with Crippen molar-refractivity contribution >= 4 is 21.8 Å². The van der Waals surface area contributed by atoms with Crippen molar-refractivity contribution in [3.63, 3.8) is 0 Å². The molecule has 8 rings (SSSR count). The molecule has 49 heavy (non-hydrogen) atoms. The standard InChI is InChI=1S/C38H19F2N5O2.Pd.Pt/c39-26-16-24(34-6-1-3-12-41-34)18-30(20-26)46-28-8-10-32-33-11-9-29(23-37(33)45(36(32)22-28)38-43-14-5-15-44-38)47-31-19-25(17-27(40)21-31)35-7-2-4-13-42-35;;/h1-17,20-21H;;/q-4;2*+2. The molecule has 0 aliphatic rings. The van der Waals surface area contributed by atoms with Crippen LogP contribution < -0.4 is 9.47 Å². The Kier molecular flexibility index (Phi) is 10.0. The number of aromatic nitrogens is 5. The van der Waals surface area contributed by atoms with Crippen molar-refractivity contribution in [1.82, 2.24) is 24.5 Å². The summed E-state index contributed by atoms with van der Waals surface area (Å²) in [7, 11) is 0. The molecule has 4 aromatic heterocycles. The Labute approximate surface area is 307 Å². The summed E-state index contributed by atoms with van der Waals surface area (Å²) in [4.78, 5) is 17.5. The van der Waals surface area contributed by atoms with Crippen molar-refractivity contribution < 1.29 is 59.7 Å². The summed E-state index contributed by atoms with van der Waals surface area (Å²) >= 11 is 0. The smallest absolute Gasteiger partial charge is 0.503 e. The molecule has 0 atom stereocenters. The molecule has 0 saturated carbocycles. The first-order valence-electron chi connectivity index (χ1n) is 14.4. The van der Waals surface area contributed by atoms with Crippen molar-refractivity contribution in [2.45, 2.75) is 0 Å². The Hall–Kier alpha value is -5.13. The van der Waals surface area contributed by atoms with Gasteiger partial charge in [-0.2, -0.15) is 22.9 Å². The Bertz CT molecular complexity index is 2250. The Balaban J connectivity index is 0.00000208. The molecular formula is C38H19F2N5O2PdPt. The summed E-state index contributed by atoms with van der Waals surface area (Å²) in [6.45, 7) is 0. The number of hydrogen-bond donors (Lipinski definition) is 0. The molecule has 242 valence electrons. The first kappa shape index (κ1) is 33.8. The number of benzene rings is 4. The first-order chi connectivity index (χ1) is 23.1. The summed E-state index contributed by atoms with van der Waals surface area (Å²) in [5.74, 6) is 0.350. The van der Waals surface area contributed by atoms with Crippen molar-refractivity contribution in [2.75, 3.05) is 0 Å². The summed E-state index contributed by atoms with van der Waals surface area (Å²) in [5.41, 5.74) is 3.23. The van der Waals surface area contributed by atoms with Crippen molar-refractivity contribution in [2.24, 2.45) is 0 Å². The van der Waals surface area contributed by atoms with E-state index >= 15 is 0 Å². The molecule has 0 aliphatic carbocycles. The van der Waals surface area contributed by atoms with Gasteiger partial charge in [-0.25, -0.2) is 18.7 Å². The summed E-state index contributed by atoms with van der Waals surface area (Å²) in [6.07, 6.45) is 6.51. The topological polar surface area (TPSA) is 75.0 Å².